The van der Waals surface area contributed by atoms with E-state index >= 15 is 0 Å². The van der Waals surface area contributed by atoms with Crippen molar-refractivity contribution in [2.24, 2.45) is 0 Å². The number of anilines is 1. The molecule has 0 spiro atoms. The molecule has 0 fully saturated rings. The van der Waals surface area contributed by atoms with Gasteiger partial charge in [0, 0.05) is 24.7 Å². The second kappa shape index (κ2) is 6.57. The molecule has 122 valence electrons. The van der Waals surface area contributed by atoms with Gasteiger partial charge in [0.2, 0.25) is 5.91 Å². The third-order valence-corrected chi connectivity index (χ3v) is 4.71. The zero-order valence-electron chi connectivity index (χ0n) is 13.1. The maximum absolute atomic E-state index is 12.4. The predicted octanol–water partition coefficient (Wildman–Crippen LogP) is 1.73. The van der Waals surface area contributed by atoms with Gasteiger partial charge in [0.1, 0.15) is 11.6 Å². The smallest absolute Gasteiger partial charge is 0.251 e. The Morgan fingerprint density at radius 3 is 3.09 bits per heavy atom. The van der Waals surface area contributed by atoms with Crippen LogP contribution in [0.15, 0.2) is 22.2 Å². The van der Waals surface area contributed by atoms with E-state index in [4.69, 9.17) is 0 Å². The van der Waals surface area contributed by atoms with Crippen LogP contribution < -0.4 is 10.9 Å². The van der Waals surface area contributed by atoms with Crippen LogP contribution in [0, 0.1) is 6.92 Å². The van der Waals surface area contributed by atoms with Gasteiger partial charge < -0.3 is 14.9 Å². The van der Waals surface area contributed by atoms with Gasteiger partial charge in [-0.05, 0) is 26.7 Å². The van der Waals surface area contributed by atoms with Crippen LogP contribution in [0.1, 0.15) is 31.3 Å². The molecule has 0 unspecified atom stereocenters. The minimum atomic E-state index is -0.380. The molecule has 7 nitrogen and oxygen atoms in total. The summed E-state index contributed by atoms with van der Waals surface area (Å²) in [6, 6.07) is 1.42. The number of nitrogens with zero attached hydrogens (tertiary/aromatic N) is 3. The first-order valence-electron chi connectivity index (χ1n) is 7.63. The molecule has 0 aliphatic carbocycles. The molecule has 0 radical (unpaired) electrons. The summed E-state index contributed by atoms with van der Waals surface area (Å²) in [6.45, 7) is 4.43. The van der Waals surface area contributed by atoms with Crippen molar-refractivity contribution in [3.63, 3.8) is 0 Å². The van der Waals surface area contributed by atoms with Gasteiger partial charge in [-0.1, -0.05) is 11.8 Å². The number of carbonyl (C=O) groups excluding carboxylic acids is 1. The lowest BCUT2D eigenvalue weighted by molar-refractivity contribution is -0.115. The maximum atomic E-state index is 12.4. The number of rotatable bonds is 4. The molecule has 1 aliphatic heterocycles. The number of aromatic amines is 1. The maximum Gasteiger partial charge on any atom is 0.251 e. The monoisotopic (exact) mass is 333 g/mol. The molecule has 1 aliphatic rings. The summed E-state index contributed by atoms with van der Waals surface area (Å²) in [5, 5.41) is 2.99. The average Bonchev–Trinajstić information content (AvgIpc) is 2.89. The number of carbonyl (C=O) groups is 1. The number of thioether (sulfide) groups is 1. The van der Waals surface area contributed by atoms with Crippen LogP contribution in [0.4, 0.5) is 5.82 Å². The van der Waals surface area contributed by atoms with Crippen LogP contribution in [-0.2, 0) is 17.8 Å². The lowest BCUT2D eigenvalue weighted by Gasteiger charge is -2.17. The third kappa shape index (κ3) is 3.64. The quantitative estimate of drug-likeness (QED) is 0.656. The second-order valence-corrected chi connectivity index (χ2v) is 6.94. The fourth-order valence-electron chi connectivity index (χ4n) is 2.57. The Bertz CT molecular complexity index is 782. The number of amides is 1. The highest BCUT2D eigenvalue weighted by atomic mass is 32.2. The first-order chi connectivity index (χ1) is 11.0. The molecule has 3 heterocycles. The Hall–Kier alpha value is -2.09. The highest BCUT2D eigenvalue weighted by Crippen LogP contribution is 2.22. The Morgan fingerprint density at radius 1 is 1.48 bits per heavy atom. The van der Waals surface area contributed by atoms with Gasteiger partial charge in [0.05, 0.1) is 11.4 Å². The first kappa shape index (κ1) is 15.8. The van der Waals surface area contributed by atoms with Gasteiger partial charge in [-0.2, -0.15) is 0 Å². The first-order valence-corrected chi connectivity index (χ1v) is 8.51. The van der Waals surface area contributed by atoms with E-state index in [1.165, 1.54) is 17.8 Å². The van der Waals surface area contributed by atoms with Crippen molar-refractivity contribution in [3.8, 4) is 0 Å². The highest BCUT2D eigenvalue weighted by Gasteiger charge is 2.20. The van der Waals surface area contributed by atoms with E-state index in [0.29, 0.717) is 10.9 Å². The number of nitrogens with one attached hydrogen (secondary N) is 2. The minimum Gasteiger partial charge on any atom is -0.315 e. The molecule has 2 aromatic rings. The molecular formula is C15H19N5O2S. The summed E-state index contributed by atoms with van der Waals surface area (Å²) in [7, 11) is 0. The number of hydrogen-bond donors (Lipinski definition) is 2. The van der Waals surface area contributed by atoms with Gasteiger partial charge >= 0.3 is 0 Å². The molecule has 23 heavy (non-hydrogen) atoms. The zero-order valence-corrected chi connectivity index (χ0v) is 13.9. The summed E-state index contributed by atoms with van der Waals surface area (Å²) < 4.78 is 2.06. The van der Waals surface area contributed by atoms with Gasteiger partial charge in [-0.25, -0.2) is 9.97 Å². The van der Waals surface area contributed by atoms with Crippen molar-refractivity contribution in [1.29, 1.82) is 0 Å². The molecule has 0 aromatic carbocycles. The van der Waals surface area contributed by atoms with Gasteiger partial charge in [-0.15, -0.1) is 0 Å². The molecule has 0 saturated carbocycles. The summed E-state index contributed by atoms with van der Waals surface area (Å²) >= 11 is 1.23. The van der Waals surface area contributed by atoms with Crippen LogP contribution in [0.2, 0.25) is 0 Å². The van der Waals surface area contributed by atoms with Crippen LogP contribution in [0.5, 0.6) is 0 Å². The largest absolute Gasteiger partial charge is 0.315 e. The number of H-pyrrole nitrogens is 1. The second-order valence-electron chi connectivity index (χ2n) is 5.61. The lowest BCUT2D eigenvalue weighted by atomic mass is 10.2. The van der Waals surface area contributed by atoms with Crippen LogP contribution >= 0.6 is 11.8 Å². The summed E-state index contributed by atoms with van der Waals surface area (Å²) in [5.41, 5.74) is 0.422. The standard InChI is InChI=1S/C15H19N5O2S/c1-9-7-13(21)19-15(17-9)23-10(2)14(22)18-12-8-16-11-5-3-4-6-20(11)12/h7-8,10H,3-6H2,1-2H3,(H,18,22)(H,17,19,21)/t10-/m1/s1. The number of aryl methyl sites for hydroxylation is 2. The SMILES string of the molecule is Cc1cc(=O)[nH]c(S[C@H](C)C(=O)Nc2cnc3n2CCCC3)n1. The topological polar surface area (TPSA) is 92.7 Å². The summed E-state index contributed by atoms with van der Waals surface area (Å²) in [5.74, 6) is 1.63. The molecule has 0 bridgehead atoms. The van der Waals surface area contributed by atoms with E-state index < -0.39 is 0 Å². The summed E-state index contributed by atoms with van der Waals surface area (Å²) in [6.07, 6.45) is 4.91. The fraction of sp³-hybridized carbons (Fsp3) is 0.467. The van der Waals surface area contributed by atoms with E-state index in [1.807, 2.05) is 0 Å². The Labute approximate surface area is 137 Å². The zero-order chi connectivity index (χ0) is 16.4. The third-order valence-electron chi connectivity index (χ3n) is 3.73. The fourth-order valence-corrected chi connectivity index (χ4v) is 3.43. The number of hydrogen-bond acceptors (Lipinski definition) is 5. The minimum absolute atomic E-state index is 0.132. The Morgan fingerprint density at radius 2 is 2.30 bits per heavy atom. The van der Waals surface area contributed by atoms with E-state index in [2.05, 4.69) is 24.8 Å². The number of aromatic nitrogens is 4. The molecule has 8 heteroatoms. The Balaban J connectivity index is 1.68. The molecule has 2 N–H and O–H groups in total. The molecule has 3 rings (SSSR count). The molecule has 1 amide bonds. The molecule has 1 atom stereocenters. The molecule has 2 aromatic heterocycles. The Kier molecular flexibility index (Phi) is 4.51. The average molecular weight is 333 g/mol. The van der Waals surface area contributed by atoms with E-state index in [1.54, 1.807) is 20.0 Å². The van der Waals surface area contributed by atoms with Gasteiger partial charge in [0.15, 0.2) is 5.16 Å². The van der Waals surface area contributed by atoms with Crippen molar-refractivity contribution in [3.05, 3.63) is 34.1 Å². The molecular weight excluding hydrogens is 314 g/mol. The van der Waals surface area contributed by atoms with Crippen molar-refractivity contribution >= 4 is 23.5 Å². The van der Waals surface area contributed by atoms with Gasteiger partial charge in [-0.3, -0.25) is 9.59 Å². The van der Waals surface area contributed by atoms with Crippen molar-refractivity contribution in [1.82, 2.24) is 19.5 Å². The predicted molar refractivity (Wildman–Crippen MR) is 88.7 cm³/mol. The van der Waals surface area contributed by atoms with Crippen LogP contribution in [0.3, 0.4) is 0 Å². The van der Waals surface area contributed by atoms with Crippen LogP contribution in [-0.4, -0.2) is 30.7 Å². The molecule has 0 saturated heterocycles. The normalized spacial score (nSPS) is 15.0. The van der Waals surface area contributed by atoms with E-state index in [9.17, 15) is 9.59 Å². The number of imidazole rings is 1. The lowest BCUT2D eigenvalue weighted by Crippen LogP contribution is -2.25. The summed E-state index contributed by atoms with van der Waals surface area (Å²) in [4.78, 5) is 35.1. The van der Waals surface area contributed by atoms with Crippen LogP contribution in [0.25, 0.3) is 0 Å². The van der Waals surface area contributed by atoms with Gasteiger partial charge in [0.25, 0.3) is 5.56 Å². The van der Waals surface area contributed by atoms with Crippen molar-refractivity contribution < 1.29 is 4.79 Å². The highest BCUT2D eigenvalue weighted by molar-refractivity contribution is 8.00. The van der Waals surface area contributed by atoms with Crippen molar-refractivity contribution in [2.75, 3.05) is 5.32 Å². The van der Waals surface area contributed by atoms with E-state index in [0.717, 1.165) is 37.4 Å². The number of fused-ring (bicyclic) bond motifs is 1. The van der Waals surface area contributed by atoms with Crippen molar-refractivity contribution in [2.45, 2.75) is 50.1 Å². The van der Waals surface area contributed by atoms with E-state index in [-0.39, 0.29) is 16.7 Å².